The van der Waals surface area contributed by atoms with Crippen LogP contribution in [0.3, 0.4) is 0 Å². The predicted molar refractivity (Wildman–Crippen MR) is 83.5 cm³/mol. The molecule has 0 fully saturated rings. The first-order valence-electron chi connectivity index (χ1n) is 6.54. The van der Waals surface area contributed by atoms with Gasteiger partial charge in [-0.2, -0.15) is 0 Å². The van der Waals surface area contributed by atoms with Gasteiger partial charge in [-0.15, -0.1) is 6.58 Å². The molecule has 0 atom stereocenters. The molecule has 0 aliphatic carbocycles. The number of carbonyl (C=O) groups is 1. The van der Waals surface area contributed by atoms with Crippen LogP contribution >= 0.6 is 0 Å². The summed E-state index contributed by atoms with van der Waals surface area (Å²) in [5, 5.41) is 5.15. The van der Waals surface area contributed by atoms with Crippen LogP contribution in [0.25, 0.3) is 0 Å². The van der Waals surface area contributed by atoms with Gasteiger partial charge in [0.05, 0.1) is 4.90 Å². The number of rotatable bonds is 4. The first-order valence-corrected chi connectivity index (χ1v) is 8.09. The van der Waals surface area contributed by atoms with Gasteiger partial charge >= 0.3 is 0 Å². The van der Waals surface area contributed by atoms with E-state index in [1.807, 2.05) is 20.8 Å². The van der Waals surface area contributed by atoms with E-state index in [2.05, 4.69) is 6.58 Å². The lowest BCUT2D eigenvalue weighted by Crippen LogP contribution is -2.45. The second kappa shape index (κ2) is 5.99. The van der Waals surface area contributed by atoms with Crippen LogP contribution < -0.4 is 5.14 Å². The summed E-state index contributed by atoms with van der Waals surface area (Å²) in [6, 6.07) is 4.41. The molecule has 21 heavy (non-hydrogen) atoms. The Balaban J connectivity index is 3.35. The third-order valence-corrected chi connectivity index (χ3v) is 3.89. The third kappa shape index (κ3) is 4.41. The van der Waals surface area contributed by atoms with Crippen molar-refractivity contribution in [1.29, 1.82) is 0 Å². The lowest BCUT2D eigenvalue weighted by atomic mass is 10.0. The molecule has 0 saturated carbocycles. The van der Waals surface area contributed by atoms with Gasteiger partial charge in [0.1, 0.15) is 0 Å². The Hall–Kier alpha value is -1.66. The summed E-state index contributed by atoms with van der Waals surface area (Å²) in [6.07, 6.45) is 1.64. The van der Waals surface area contributed by atoms with Crippen LogP contribution in [0.2, 0.25) is 0 Å². The highest BCUT2D eigenvalue weighted by Crippen LogP contribution is 2.20. The fraction of sp³-hybridized carbons (Fsp3) is 0.400. The van der Waals surface area contributed by atoms with Crippen LogP contribution in [-0.4, -0.2) is 31.3 Å². The second-order valence-electron chi connectivity index (χ2n) is 5.96. The van der Waals surface area contributed by atoms with Crippen molar-refractivity contribution < 1.29 is 13.2 Å². The van der Waals surface area contributed by atoms with E-state index in [-0.39, 0.29) is 10.8 Å². The molecule has 1 aromatic rings. The van der Waals surface area contributed by atoms with Gasteiger partial charge in [0, 0.05) is 17.6 Å². The number of aryl methyl sites for hydroxylation is 1. The van der Waals surface area contributed by atoms with Crippen LogP contribution in [0.1, 0.15) is 36.7 Å². The van der Waals surface area contributed by atoms with E-state index in [1.165, 1.54) is 12.1 Å². The minimum atomic E-state index is -3.85. The summed E-state index contributed by atoms with van der Waals surface area (Å²) in [7, 11) is -3.85. The average Bonchev–Trinajstić information content (AvgIpc) is 2.32. The van der Waals surface area contributed by atoms with Crippen LogP contribution in [-0.2, 0) is 10.0 Å². The van der Waals surface area contributed by atoms with E-state index < -0.39 is 15.6 Å². The van der Waals surface area contributed by atoms with Crippen LogP contribution in [0, 0.1) is 6.92 Å². The Labute approximate surface area is 126 Å². The summed E-state index contributed by atoms with van der Waals surface area (Å²) in [5.41, 5.74) is 0.560. The molecular formula is C15H22N2O3S. The first-order chi connectivity index (χ1) is 9.46. The molecule has 1 amide bonds. The molecule has 2 N–H and O–H groups in total. The molecule has 0 unspecified atom stereocenters. The predicted octanol–water partition coefficient (Wildman–Crippen LogP) is 2.07. The van der Waals surface area contributed by atoms with Gasteiger partial charge in [0.2, 0.25) is 10.0 Å². The number of primary sulfonamides is 1. The van der Waals surface area contributed by atoms with E-state index in [1.54, 1.807) is 24.0 Å². The normalized spacial score (nSPS) is 12.0. The summed E-state index contributed by atoms with van der Waals surface area (Å²) in [5.74, 6) is -0.254. The number of carbonyl (C=O) groups excluding carboxylic acids is 1. The van der Waals surface area contributed by atoms with Gasteiger partial charge in [-0.1, -0.05) is 6.08 Å². The number of hydrogen-bond acceptors (Lipinski definition) is 3. The monoisotopic (exact) mass is 310 g/mol. The molecule has 0 bridgehead atoms. The Kier molecular flexibility index (Phi) is 4.96. The summed E-state index contributed by atoms with van der Waals surface area (Å²) in [6.45, 7) is 11.5. The van der Waals surface area contributed by atoms with Crippen molar-refractivity contribution in [3.05, 3.63) is 42.0 Å². The van der Waals surface area contributed by atoms with Gasteiger partial charge in [-0.05, 0) is 51.5 Å². The molecule has 5 nitrogen and oxygen atoms in total. The quantitative estimate of drug-likeness (QED) is 0.864. The molecular weight excluding hydrogens is 288 g/mol. The van der Waals surface area contributed by atoms with Crippen molar-refractivity contribution >= 4 is 15.9 Å². The summed E-state index contributed by atoms with van der Waals surface area (Å²) in [4.78, 5) is 14.2. The number of amides is 1. The van der Waals surface area contributed by atoms with Gasteiger partial charge in [0.25, 0.3) is 5.91 Å². The Morgan fingerprint density at radius 1 is 1.33 bits per heavy atom. The molecule has 6 heteroatoms. The van der Waals surface area contributed by atoms with Crippen molar-refractivity contribution in [3.63, 3.8) is 0 Å². The molecule has 0 heterocycles. The third-order valence-electron chi connectivity index (χ3n) is 2.99. The van der Waals surface area contributed by atoms with Crippen LogP contribution in [0.5, 0.6) is 0 Å². The van der Waals surface area contributed by atoms with E-state index in [0.717, 1.165) is 0 Å². The highest BCUT2D eigenvalue weighted by Gasteiger charge is 2.27. The average molecular weight is 310 g/mol. The maximum atomic E-state index is 12.7. The number of benzene rings is 1. The van der Waals surface area contributed by atoms with E-state index >= 15 is 0 Å². The lowest BCUT2D eigenvalue weighted by molar-refractivity contribution is 0.0616. The van der Waals surface area contributed by atoms with Crippen molar-refractivity contribution in [2.24, 2.45) is 5.14 Å². The van der Waals surface area contributed by atoms with Crippen molar-refractivity contribution in [3.8, 4) is 0 Å². The zero-order valence-electron chi connectivity index (χ0n) is 12.9. The topological polar surface area (TPSA) is 80.5 Å². The number of hydrogen-bond donors (Lipinski definition) is 1. The standard InChI is InChI=1S/C15H22N2O3S/c1-6-7-17(15(3,4)5)14(18)12-8-11(2)9-13(10-12)21(16,19)20/h6,8-10H,1,7H2,2-5H3,(H2,16,19,20). The van der Waals surface area contributed by atoms with E-state index in [9.17, 15) is 13.2 Å². The van der Waals surface area contributed by atoms with E-state index in [4.69, 9.17) is 5.14 Å². The summed E-state index contributed by atoms with van der Waals surface area (Å²) < 4.78 is 23.0. The minimum absolute atomic E-state index is 0.0571. The smallest absolute Gasteiger partial charge is 0.254 e. The molecule has 0 aliphatic heterocycles. The van der Waals surface area contributed by atoms with Crippen LogP contribution in [0.15, 0.2) is 35.7 Å². The molecule has 0 aliphatic rings. The maximum Gasteiger partial charge on any atom is 0.254 e. The molecule has 0 radical (unpaired) electrons. The number of sulfonamides is 1. The van der Waals surface area contributed by atoms with Gasteiger partial charge < -0.3 is 4.90 Å². The van der Waals surface area contributed by atoms with Crippen molar-refractivity contribution in [2.45, 2.75) is 38.1 Å². The minimum Gasteiger partial charge on any atom is -0.330 e. The van der Waals surface area contributed by atoms with Gasteiger partial charge in [-0.25, -0.2) is 13.6 Å². The molecule has 0 aromatic heterocycles. The van der Waals surface area contributed by atoms with Crippen molar-refractivity contribution in [2.75, 3.05) is 6.54 Å². The molecule has 116 valence electrons. The Morgan fingerprint density at radius 3 is 2.33 bits per heavy atom. The van der Waals surface area contributed by atoms with Gasteiger partial charge in [-0.3, -0.25) is 4.79 Å². The van der Waals surface area contributed by atoms with Crippen molar-refractivity contribution in [1.82, 2.24) is 4.90 Å². The Morgan fingerprint density at radius 2 is 1.90 bits per heavy atom. The van der Waals surface area contributed by atoms with Gasteiger partial charge in [0.15, 0.2) is 0 Å². The molecule has 0 saturated heterocycles. The highest BCUT2D eigenvalue weighted by atomic mass is 32.2. The Bertz CT molecular complexity index is 658. The van der Waals surface area contributed by atoms with Crippen LogP contribution in [0.4, 0.5) is 0 Å². The van der Waals surface area contributed by atoms with E-state index in [0.29, 0.717) is 17.7 Å². The lowest BCUT2D eigenvalue weighted by Gasteiger charge is -2.35. The number of nitrogens with zero attached hydrogens (tertiary/aromatic N) is 1. The zero-order chi connectivity index (χ0) is 16.4. The largest absolute Gasteiger partial charge is 0.330 e. The fourth-order valence-corrected chi connectivity index (χ4v) is 2.62. The SMILES string of the molecule is C=CCN(C(=O)c1cc(C)cc(S(N)(=O)=O)c1)C(C)(C)C. The zero-order valence-corrected chi connectivity index (χ0v) is 13.7. The highest BCUT2D eigenvalue weighted by molar-refractivity contribution is 7.89. The summed E-state index contributed by atoms with van der Waals surface area (Å²) >= 11 is 0. The fourth-order valence-electron chi connectivity index (χ4n) is 1.98. The second-order valence-corrected chi connectivity index (χ2v) is 7.52. The number of nitrogens with two attached hydrogens (primary N) is 1. The maximum absolute atomic E-state index is 12.7. The first kappa shape index (κ1) is 17.4. The molecule has 0 spiro atoms. The molecule has 1 aromatic carbocycles. The molecule has 1 rings (SSSR count).